The van der Waals surface area contributed by atoms with E-state index in [-0.39, 0.29) is 18.5 Å². The summed E-state index contributed by atoms with van der Waals surface area (Å²) < 4.78 is 0. The summed E-state index contributed by atoms with van der Waals surface area (Å²) in [6, 6.07) is 9.61. The highest BCUT2D eigenvalue weighted by molar-refractivity contribution is 5.83. The molecule has 1 heterocycles. The second-order valence-electron chi connectivity index (χ2n) is 4.52. The molecule has 0 aromatic heterocycles. The SMILES string of the molecule is CC1CN(C(=O)O)CC(=O)N1Cc1ccccc1. The maximum Gasteiger partial charge on any atom is 0.407 e. The van der Waals surface area contributed by atoms with Crippen molar-refractivity contribution in [2.24, 2.45) is 0 Å². The topological polar surface area (TPSA) is 60.9 Å². The summed E-state index contributed by atoms with van der Waals surface area (Å²) in [4.78, 5) is 25.7. The summed E-state index contributed by atoms with van der Waals surface area (Å²) in [5.74, 6) is -0.139. The molecule has 0 spiro atoms. The molecule has 1 fully saturated rings. The molecule has 1 aromatic rings. The van der Waals surface area contributed by atoms with E-state index in [0.29, 0.717) is 13.1 Å². The van der Waals surface area contributed by atoms with Crippen LogP contribution in [0.1, 0.15) is 12.5 Å². The number of carbonyl (C=O) groups excluding carboxylic acids is 1. The van der Waals surface area contributed by atoms with Crippen LogP contribution in [0.3, 0.4) is 0 Å². The normalized spacial score (nSPS) is 20.1. The van der Waals surface area contributed by atoms with E-state index in [1.807, 2.05) is 37.3 Å². The van der Waals surface area contributed by atoms with Crippen LogP contribution in [0.5, 0.6) is 0 Å². The Kier molecular flexibility index (Phi) is 3.50. The molecule has 1 aliphatic heterocycles. The van der Waals surface area contributed by atoms with Crippen LogP contribution in [0, 0.1) is 0 Å². The number of benzene rings is 1. The highest BCUT2D eigenvalue weighted by atomic mass is 16.4. The average molecular weight is 248 g/mol. The van der Waals surface area contributed by atoms with Crippen molar-refractivity contribution in [2.45, 2.75) is 19.5 Å². The van der Waals surface area contributed by atoms with Gasteiger partial charge in [-0.2, -0.15) is 0 Å². The van der Waals surface area contributed by atoms with Gasteiger partial charge in [-0.1, -0.05) is 30.3 Å². The van der Waals surface area contributed by atoms with Crippen molar-refractivity contribution in [3.63, 3.8) is 0 Å². The molecule has 1 N–H and O–H groups in total. The van der Waals surface area contributed by atoms with Gasteiger partial charge >= 0.3 is 6.09 Å². The summed E-state index contributed by atoms with van der Waals surface area (Å²) in [6.45, 7) is 2.73. The van der Waals surface area contributed by atoms with E-state index in [0.717, 1.165) is 10.5 Å². The van der Waals surface area contributed by atoms with E-state index in [1.165, 1.54) is 0 Å². The van der Waals surface area contributed by atoms with Crippen molar-refractivity contribution < 1.29 is 14.7 Å². The van der Waals surface area contributed by atoms with Gasteiger partial charge in [0.05, 0.1) is 0 Å². The second kappa shape index (κ2) is 5.08. The Bertz CT molecular complexity index is 447. The molecular formula is C13H16N2O3. The Morgan fingerprint density at radius 3 is 2.61 bits per heavy atom. The number of piperazine rings is 1. The minimum atomic E-state index is -1.03. The number of rotatable bonds is 2. The zero-order valence-electron chi connectivity index (χ0n) is 10.2. The molecule has 0 saturated carbocycles. The fraction of sp³-hybridized carbons (Fsp3) is 0.385. The first-order valence-electron chi connectivity index (χ1n) is 5.89. The molecule has 1 unspecified atom stereocenters. The molecule has 2 rings (SSSR count). The molecule has 18 heavy (non-hydrogen) atoms. The van der Waals surface area contributed by atoms with Gasteiger partial charge in [-0.05, 0) is 12.5 Å². The van der Waals surface area contributed by atoms with Crippen molar-refractivity contribution in [3.05, 3.63) is 35.9 Å². The van der Waals surface area contributed by atoms with Crippen LogP contribution in [0.25, 0.3) is 0 Å². The highest BCUT2D eigenvalue weighted by Gasteiger charge is 2.31. The lowest BCUT2D eigenvalue weighted by molar-refractivity contribution is -0.139. The first-order chi connectivity index (χ1) is 8.58. The molecule has 1 aliphatic rings. The van der Waals surface area contributed by atoms with E-state index in [9.17, 15) is 9.59 Å². The lowest BCUT2D eigenvalue weighted by atomic mass is 10.1. The molecular weight excluding hydrogens is 232 g/mol. The van der Waals surface area contributed by atoms with Gasteiger partial charge in [0.15, 0.2) is 0 Å². The van der Waals surface area contributed by atoms with Crippen LogP contribution < -0.4 is 0 Å². The fourth-order valence-electron chi connectivity index (χ4n) is 2.15. The molecule has 0 aliphatic carbocycles. The maximum absolute atomic E-state index is 11.9. The third-order valence-electron chi connectivity index (χ3n) is 3.13. The summed E-state index contributed by atoms with van der Waals surface area (Å²) in [5.41, 5.74) is 1.06. The zero-order chi connectivity index (χ0) is 13.1. The number of carboxylic acid groups (broad SMARTS) is 1. The molecule has 5 heteroatoms. The monoisotopic (exact) mass is 248 g/mol. The molecule has 1 atom stereocenters. The first-order valence-corrected chi connectivity index (χ1v) is 5.89. The third kappa shape index (κ3) is 2.61. The van der Waals surface area contributed by atoms with Crippen molar-refractivity contribution in [1.29, 1.82) is 0 Å². The van der Waals surface area contributed by atoms with Gasteiger partial charge in [0.2, 0.25) is 5.91 Å². The highest BCUT2D eigenvalue weighted by Crippen LogP contribution is 2.14. The van der Waals surface area contributed by atoms with Gasteiger partial charge in [-0.15, -0.1) is 0 Å². The van der Waals surface area contributed by atoms with Gasteiger partial charge in [0.1, 0.15) is 6.54 Å². The minimum Gasteiger partial charge on any atom is -0.465 e. The first kappa shape index (κ1) is 12.4. The van der Waals surface area contributed by atoms with Crippen LogP contribution in [0.4, 0.5) is 4.79 Å². The minimum absolute atomic E-state index is 0.0491. The predicted molar refractivity (Wildman–Crippen MR) is 66.1 cm³/mol. The van der Waals surface area contributed by atoms with Gasteiger partial charge in [0, 0.05) is 19.1 Å². The van der Waals surface area contributed by atoms with Gasteiger partial charge in [-0.3, -0.25) is 9.69 Å². The van der Waals surface area contributed by atoms with Crippen LogP contribution >= 0.6 is 0 Å². The van der Waals surface area contributed by atoms with Crippen LogP contribution in [-0.2, 0) is 11.3 Å². The molecule has 0 bridgehead atoms. The standard InChI is InChI=1S/C13H16N2O3/c1-10-7-14(13(17)18)9-12(16)15(10)8-11-5-3-2-4-6-11/h2-6,10H,7-9H2,1H3,(H,17,18). The molecule has 1 saturated heterocycles. The number of hydrogen-bond donors (Lipinski definition) is 1. The van der Waals surface area contributed by atoms with Gasteiger partial charge in [0.25, 0.3) is 0 Å². The Morgan fingerprint density at radius 2 is 2.06 bits per heavy atom. The summed E-state index contributed by atoms with van der Waals surface area (Å²) in [5, 5.41) is 8.90. The second-order valence-corrected chi connectivity index (χ2v) is 4.52. The Balaban J connectivity index is 2.06. The fourth-order valence-corrected chi connectivity index (χ4v) is 2.15. The largest absolute Gasteiger partial charge is 0.465 e. The Hall–Kier alpha value is -2.04. The predicted octanol–water partition coefficient (Wildman–Crippen LogP) is 1.40. The van der Waals surface area contributed by atoms with E-state index >= 15 is 0 Å². The lowest BCUT2D eigenvalue weighted by Crippen LogP contribution is -2.56. The van der Waals surface area contributed by atoms with Gasteiger partial charge < -0.3 is 10.0 Å². The number of nitrogens with zero attached hydrogens (tertiary/aromatic N) is 2. The van der Waals surface area contributed by atoms with E-state index < -0.39 is 6.09 Å². The molecule has 2 amide bonds. The number of carbonyl (C=O) groups is 2. The lowest BCUT2D eigenvalue weighted by Gasteiger charge is -2.38. The quantitative estimate of drug-likeness (QED) is 0.860. The van der Waals surface area contributed by atoms with Crippen molar-refractivity contribution in [1.82, 2.24) is 9.80 Å². The Morgan fingerprint density at radius 1 is 1.39 bits per heavy atom. The summed E-state index contributed by atoms with van der Waals surface area (Å²) >= 11 is 0. The van der Waals surface area contributed by atoms with E-state index in [4.69, 9.17) is 5.11 Å². The van der Waals surface area contributed by atoms with E-state index in [1.54, 1.807) is 4.90 Å². The molecule has 1 aromatic carbocycles. The Labute approximate surface area is 106 Å². The number of hydrogen-bond acceptors (Lipinski definition) is 2. The number of amides is 2. The summed E-state index contributed by atoms with van der Waals surface area (Å²) in [6.07, 6.45) is -1.03. The van der Waals surface area contributed by atoms with E-state index in [2.05, 4.69) is 0 Å². The van der Waals surface area contributed by atoms with Crippen LogP contribution in [-0.4, -0.2) is 46.0 Å². The van der Waals surface area contributed by atoms with Crippen LogP contribution in [0.15, 0.2) is 30.3 Å². The smallest absolute Gasteiger partial charge is 0.407 e. The molecule has 96 valence electrons. The third-order valence-corrected chi connectivity index (χ3v) is 3.13. The van der Waals surface area contributed by atoms with Crippen molar-refractivity contribution >= 4 is 12.0 Å². The maximum atomic E-state index is 11.9. The van der Waals surface area contributed by atoms with Gasteiger partial charge in [-0.25, -0.2) is 4.79 Å². The summed E-state index contributed by atoms with van der Waals surface area (Å²) in [7, 11) is 0. The van der Waals surface area contributed by atoms with Crippen LogP contribution in [0.2, 0.25) is 0 Å². The zero-order valence-corrected chi connectivity index (χ0v) is 10.2. The molecule has 0 radical (unpaired) electrons. The van der Waals surface area contributed by atoms with Crippen molar-refractivity contribution in [2.75, 3.05) is 13.1 Å². The van der Waals surface area contributed by atoms with Crippen molar-refractivity contribution in [3.8, 4) is 0 Å². The molecule has 5 nitrogen and oxygen atoms in total. The average Bonchev–Trinajstić information content (AvgIpc) is 2.34.